The van der Waals surface area contributed by atoms with E-state index < -0.39 is 0 Å². The van der Waals surface area contributed by atoms with E-state index in [0.29, 0.717) is 5.46 Å². The normalized spacial score (nSPS) is 10.9. The fraction of sp³-hybridized carbons (Fsp3) is 0.143. The zero-order valence-electron chi connectivity index (χ0n) is 10.2. The summed E-state index contributed by atoms with van der Waals surface area (Å²) in [5, 5.41) is 0. The lowest BCUT2D eigenvalue weighted by Gasteiger charge is -2.05. The van der Waals surface area contributed by atoms with Crippen LogP contribution < -0.4 is 5.46 Å². The Morgan fingerprint density at radius 2 is 2.00 bits per heavy atom. The maximum Gasteiger partial charge on any atom is 0.159 e. The SMILES string of the molecule is [B]c1ccc(-c2nc3ccccc3n2CC)nc1. The Morgan fingerprint density at radius 3 is 2.72 bits per heavy atom. The highest BCUT2D eigenvalue weighted by atomic mass is 15.1. The van der Waals surface area contributed by atoms with Crippen molar-refractivity contribution < 1.29 is 0 Å². The summed E-state index contributed by atoms with van der Waals surface area (Å²) in [5.74, 6) is 0.888. The molecule has 0 saturated carbocycles. The molecular weight excluding hydrogens is 221 g/mol. The van der Waals surface area contributed by atoms with Gasteiger partial charge in [-0.1, -0.05) is 23.7 Å². The average Bonchev–Trinajstić information content (AvgIpc) is 2.78. The number of hydrogen-bond acceptors (Lipinski definition) is 2. The molecule has 0 saturated heterocycles. The van der Waals surface area contributed by atoms with E-state index in [1.165, 1.54) is 0 Å². The molecule has 0 amide bonds. The maximum absolute atomic E-state index is 5.66. The molecule has 0 N–H and O–H groups in total. The second-order valence-electron chi connectivity index (χ2n) is 4.15. The molecule has 4 heteroatoms. The smallest absolute Gasteiger partial charge is 0.159 e. The van der Waals surface area contributed by atoms with Crippen LogP contribution in [0.25, 0.3) is 22.6 Å². The second-order valence-corrected chi connectivity index (χ2v) is 4.15. The third-order valence-corrected chi connectivity index (χ3v) is 2.99. The number of aryl methyl sites for hydroxylation is 1. The fourth-order valence-corrected chi connectivity index (χ4v) is 2.13. The van der Waals surface area contributed by atoms with Crippen molar-refractivity contribution in [2.45, 2.75) is 13.5 Å². The van der Waals surface area contributed by atoms with Crippen molar-refractivity contribution in [3.05, 3.63) is 42.6 Å². The molecule has 1 aromatic carbocycles. The molecule has 0 atom stereocenters. The van der Waals surface area contributed by atoms with Gasteiger partial charge in [0, 0.05) is 12.7 Å². The number of hydrogen-bond donors (Lipinski definition) is 0. The van der Waals surface area contributed by atoms with E-state index >= 15 is 0 Å². The molecule has 2 radical (unpaired) electrons. The summed E-state index contributed by atoms with van der Waals surface area (Å²) in [6, 6.07) is 11.9. The van der Waals surface area contributed by atoms with Crippen LogP contribution in [0.4, 0.5) is 0 Å². The first-order valence-electron chi connectivity index (χ1n) is 5.96. The van der Waals surface area contributed by atoms with Crippen LogP contribution in [0.1, 0.15) is 6.92 Å². The van der Waals surface area contributed by atoms with Crippen molar-refractivity contribution in [2.24, 2.45) is 0 Å². The van der Waals surface area contributed by atoms with E-state index in [-0.39, 0.29) is 0 Å². The van der Waals surface area contributed by atoms with Crippen LogP contribution >= 0.6 is 0 Å². The van der Waals surface area contributed by atoms with Crippen LogP contribution in [0.5, 0.6) is 0 Å². The molecular formula is C14H12BN3. The number of rotatable bonds is 2. The second kappa shape index (κ2) is 4.29. The number of aromatic nitrogens is 3. The largest absolute Gasteiger partial charge is 0.323 e. The lowest BCUT2D eigenvalue weighted by molar-refractivity contribution is 0.793. The Labute approximate surface area is 107 Å². The first-order valence-corrected chi connectivity index (χ1v) is 5.96. The van der Waals surface area contributed by atoms with E-state index in [0.717, 1.165) is 29.1 Å². The standard InChI is InChI=1S/C14H12BN3/c1-2-18-13-6-4-3-5-11(13)17-14(18)12-8-7-10(15)9-16-12/h3-9H,2H2,1H3. The van der Waals surface area contributed by atoms with Crippen molar-refractivity contribution in [3.63, 3.8) is 0 Å². The molecule has 0 aliphatic heterocycles. The molecule has 2 heterocycles. The predicted octanol–water partition coefficient (Wildman–Crippen LogP) is 1.91. The van der Waals surface area contributed by atoms with E-state index in [2.05, 4.69) is 27.5 Å². The number of pyridine rings is 1. The van der Waals surface area contributed by atoms with Gasteiger partial charge >= 0.3 is 0 Å². The van der Waals surface area contributed by atoms with Gasteiger partial charge in [0.2, 0.25) is 0 Å². The lowest BCUT2D eigenvalue weighted by Crippen LogP contribution is -2.04. The van der Waals surface area contributed by atoms with E-state index in [4.69, 9.17) is 7.85 Å². The lowest BCUT2D eigenvalue weighted by atomic mass is 9.99. The molecule has 0 aliphatic carbocycles. The Morgan fingerprint density at radius 1 is 1.17 bits per heavy atom. The molecule has 0 fully saturated rings. The predicted molar refractivity (Wildman–Crippen MR) is 74.0 cm³/mol. The monoisotopic (exact) mass is 233 g/mol. The Bertz CT molecular complexity index is 686. The Kier molecular flexibility index (Phi) is 2.63. The first kappa shape index (κ1) is 11.0. The van der Waals surface area contributed by atoms with Gasteiger partial charge in [-0.05, 0) is 25.1 Å². The molecule has 3 nitrogen and oxygen atoms in total. The van der Waals surface area contributed by atoms with Crippen molar-refractivity contribution in [1.82, 2.24) is 14.5 Å². The summed E-state index contributed by atoms with van der Waals surface area (Å²) in [5.41, 5.74) is 3.64. The van der Waals surface area contributed by atoms with Crippen LogP contribution in [-0.4, -0.2) is 22.4 Å². The third-order valence-electron chi connectivity index (χ3n) is 2.99. The minimum atomic E-state index is 0.665. The van der Waals surface area contributed by atoms with Crippen LogP contribution in [-0.2, 0) is 6.54 Å². The Hall–Kier alpha value is -2.10. The van der Waals surface area contributed by atoms with Crippen molar-refractivity contribution in [3.8, 4) is 11.5 Å². The molecule has 3 rings (SSSR count). The van der Waals surface area contributed by atoms with Crippen molar-refractivity contribution in [2.75, 3.05) is 0 Å². The topological polar surface area (TPSA) is 30.7 Å². The van der Waals surface area contributed by atoms with Gasteiger partial charge in [-0.15, -0.1) is 0 Å². The molecule has 3 aromatic rings. The van der Waals surface area contributed by atoms with Gasteiger partial charge in [-0.3, -0.25) is 4.98 Å². The van der Waals surface area contributed by atoms with Gasteiger partial charge in [0.1, 0.15) is 13.5 Å². The van der Waals surface area contributed by atoms with Crippen LogP contribution in [0.2, 0.25) is 0 Å². The molecule has 0 bridgehead atoms. The number of nitrogens with zero attached hydrogens (tertiary/aromatic N) is 3. The highest BCUT2D eigenvalue weighted by molar-refractivity contribution is 6.32. The number of fused-ring (bicyclic) bond motifs is 1. The zero-order chi connectivity index (χ0) is 12.5. The number of imidazole rings is 1. The molecule has 2 aromatic heterocycles. The van der Waals surface area contributed by atoms with Crippen LogP contribution in [0, 0.1) is 0 Å². The summed E-state index contributed by atoms with van der Waals surface area (Å²) in [7, 11) is 5.66. The van der Waals surface area contributed by atoms with Gasteiger partial charge in [0.15, 0.2) is 5.82 Å². The quantitative estimate of drug-likeness (QED) is 0.633. The van der Waals surface area contributed by atoms with E-state index in [1.54, 1.807) is 6.20 Å². The van der Waals surface area contributed by atoms with Gasteiger partial charge < -0.3 is 4.57 Å². The average molecular weight is 233 g/mol. The minimum Gasteiger partial charge on any atom is -0.323 e. The summed E-state index contributed by atoms with van der Waals surface area (Å²) < 4.78 is 2.16. The number of para-hydroxylation sites is 2. The highest BCUT2D eigenvalue weighted by Gasteiger charge is 2.11. The van der Waals surface area contributed by atoms with Crippen LogP contribution in [0.3, 0.4) is 0 Å². The molecule has 0 unspecified atom stereocenters. The summed E-state index contributed by atoms with van der Waals surface area (Å²) in [6.45, 7) is 2.97. The molecule has 18 heavy (non-hydrogen) atoms. The summed E-state index contributed by atoms with van der Waals surface area (Å²) >= 11 is 0. The van der Waals surface area contributed by atoms with Crippen molar-refractivity contribution >= 4 is 24.3 Å². The summed E-state index contributed by atoms with van der Waals surface area (Å²) in [6.07, 6.45) is 1.66. The molecule has 0 aliphatic rings. The fourth-order valence-electron chi connectivity index (χ4n) is 2.13. The maximum atomic E-state index is 5.66. The van der Waals surface area contributed by atoms with Crippen LogP contribution in [0.15, 0.2) is 42.6 Å². The van der Waals surface area contributed by atoms with Gasteiger partial charge in [-0.25, -0.2) is 4.98 Å². The number of benzene rings is 1. The van der Waals surface area contributed by atoms with Gasteiger partial charge in [-0.2, -0.15) is 0 Å². The Balaban J connectivity index is 2.25. The van der Waals surface area contributed by atoms with Crippen molar-refractivity contribution in [1.29, 1.82) is 0 Å². The minimum absolute atomic E-state index is 0.665. The molecule has 86 valence electrons. The third kappa shape index (κ3) is 1.70. The van der Waals surface area contributed by atoms with Gasteiger partial charge in [0.05, 0.1) is 11.0 Å². The van der Waals surface area contributed by atoms with Gasteiger partial charge in [0.25, 0.3) is 0 Å². The van der Waals surface area contributed by atoms with E-state index in [9.17, 15) is 0 Å². The van der Waals surface area contributed by atoms with E-state index in [1.807, 2.05) is 30.3 Å². The zero-order valence-corrected chi connectivity index (χ0v) is 10.2. The molecule has 0 spiro atoms. The first-order chi connectivity index (χ1) is 8.79. The highest BCUT2D eigenvalue weighted by Crippen LogP contribution is 2.22. The summed E-state index contributed by atoms with van der Waals surface area (Å²) in [4.78, 5) is 8.99.